The Labute approximate surface area is 240 Å². The number of rotatable bonds is 9. The van der Waals surface area contributed by atoms with Crippen molar-refractivity contribution < 1.29 is 13.9 Å². The molecule has 5 aromatic rings. The Morgan fingerprint density at radius 2 is 1.71 bits per heavy atom. The van der Waals surface area contributed by atoms with Crippen molar-refractivity contribution in [2.75, 3.05) is 33.4 Å². The first-order valence-corrected chi connectivity index (χ1v) is 14.2. The number of nitrogens with zero attached hydrogens (tertiary/aromatic N) is 2. The zero-order valence-electron chi connectivity index (χ0n) is 23.3. The van der Waals surface area contributed by atoms with E-state index in [1.165, 1.54) is 16.5 Å². The predicted octanol–water partition coefficient (Wildman–Crippen LogP) is 7.13. The minimum atomic E-state index is -0.231. The van der Waals surface area contributed by atoms with Gasteiger partial charge in [0, 0.05) is 34.6 Å². The molecule has 1 aliphatic rings. The van der Waals surface area contributed by atoms with Crippen LogP contribution in [0.2, 0.25) is 0 Å². The number of nitriles is 1. The van der Waals surface area contributed by atoms with Crippen LogP contribution < -0.4 is 4.74 Å². The summed E-state index contributed by atoms with van der Waals surface area (Å²) in [5.41, 5.74) is 4.80. The van der Waals surface area contributed by atoms with Crippen molar-refractivity contribution in [2.45, 2.75) is 31.3 Å². The molecule has 208 valence electrons. The molecule has 0 radical (unpaired) electrons. The summed E-state index contributed by atoms with van der Waals surface area (Å²) in [4.78, 5) is 5.91. The number of methoxy groups -OCH3 is 1. The number of likely N-dealkylation sites (tertiary alicyclic amines) is 1. The molecule has 1 N–H and O–H groups in total. The topological polar surface area (TPSA) is 61.3 Å². The van der Waals surface area contributed by atoms with Gasteiger partial charge >= 0.3 is 0 Å². The van der Waals surface area contributed by atoms with Crippen molar-refractivity contribution in [1.82, 2.24) is 9.88 Å². The van der Waals surface area contributed by atoms with Crippen LogP contribution in [0.4, 0.5) is 4.39 Å². The van der Waals surface area contributed by atoms with Gasteiger partial charge in [-0.15, -0.1) is 0 Å². The molecular formula is C35H34FN3O2. The summed E-state index contributed by atoms with van der Waals surface area (Å²) in [6.07, 6.45) is 4.96. The molecule has 2 heterocycles. The van der Waals surface area contributed by atoms with E-state index in [0.29, 0.717) is 24.5 Å². The molecule has 1 saturated heterocycles. The van der Waals surface area contributed by atoms with E-state index in [-0.39, 0.29) is 11.2 Å². The smallest absolute Gasteiger partial charge is 0.142 e. The summed E-state index contributed by atoms with van der Waals surface area (Å²) in [6, 6.07) is 27.5. The Kier molecular flexibility index (Phi) is 7.74. The monoisotopic (exact) mass is 547 g/mol. The lowest BCUT2D eigenvalue weighted by atomic mass is 9.73. The number of fused-ring (bicyclic) bond motifs is 2. The highest BCUT2D eigenvalue weighted by atomic mass is 19.1. The summed E-state index contributed by atoms with van der Waals surface area (Å²) < 4.78 is 26.1. The minimum Gasteiger partial charge on any atom is -0.495 e. The van der Waals surface area contributed by atoms with E-state index in [0.717, 1.165) is 60.8 Å². The summed E-state index contributed by atoms with van der Waals surface area (Å²) in [5.74, 6) is 0.333. The zero-order valence-corrected chi connectivity index (χ0v) is 23.3. The number of nitrogens with one attached hydrogen (secondary N) is 1. The minimum absolute atomic E-state index is 0.221. The molecule has 4 aromatic carbocycles. The van der Waals surface area contributed by atoms with E-state index in [2.05, 4.69) is 46.4 Å². The maximum absolute atomic E-state index is 13.9. The van der Waals surface area contributed by atoms with Crippen LogP contribution in [0.15, 0.2) is 85.1 Å². The highest BCUT2D eigenvalue weighted by Crippen LogP contribution is 2.38. The number of halogens is 1. The molecule has 1 aliphatic heterocycles. The van der Waals surface area contributed by atoms with E-state index in [4.69, 9.17) is 9.47 Å². The van der Waals surface area contributed by atoms with E-state index in [1.807, 2.05) is 42.5 Å². The van der Waals surface area contributed by atoms with Crippen LogP contribution in [-0.4, -0.2) is 43.2 Å². The Morgan fingerprint density at radius 3 is 2.46 bits per heavy atom. The first-order chi connectivity index (χ1) is 20.1. The van der Waals surface area contributed by atoms with Crippen LogP contribution in [0.5, 0.6) is 5.75 Å². The molecule has 0 bridgehead atoms. The van der Waals surface area contributed by atoms with Crippen molar-refractivity contribution in [3.05, 3.63) is 113 Å². The van der Waals surface area contributed by atoms with Crippen LogP contribution in [0.3, 0.4) is 0 Å². The molecule has 0 spiro atoms. The third kappa shape index (κ3) is 5.44. The van der Waals surface area contributed by atoms with Crippen LogP contribution in [-0.2, 0) is 23.2 Å². The second-order valence-electron chi connectivity index (χ2n) is 11.0. The van der Waals surface area contributed by atoms with Gasteiger partial charge in [0.05, 0.1) is 25.9 Å². The first kappa shape index (κ1) is 27.0. The number of hydrogen-bond acceptors (Lipinski definition) is 4. The Balaban J connectivity index is 1.19. The number of para-hydroxylation sites is 1. The molecule has 1 aromatic heterocycles. The highest BCUT2D eigenvalue weighted by molar-refractivity contribution is 5.89. The summed E-state index contributed by atoms with van der Waals surface area (Å²) in [7, 11) is 1.60. The number of aromatic nitrogens is 1. The number of piperidine rings is 1. The molecule has 6 rings (SSSR count). The van der Waals surface area contributed by atoms with Gasteiger partial charge in [0.1, 0.15) is 17.6 Å². The predicted molar refractivity (Wildman–Crippen MR) is 161 cm³/mol. The lowest BCUT2D eigenvalue weighted by Gasteiger charge is -2.42. The number of ether oxygens (including phenoxy) is 2. The third-order valence-corrected chi connectivity index (χ3v) is 8.70. The average Bonchev–Trinajstić information content (AvgIpc) is 3.43. The maximum atomic E-state index is 13.9. The van der Waals surface area contributed by atoms with Gasteiger partial charge in [-0.25, -0.2) is 4.39 Å². The van der Waals surface area contributed by atoms with Gasteiger partial charge in [0.15, 0.2) is 0 Å². The Bertz CT molecular complexity index is 1700. The molecule has 1 fully saturated rings. The van der Waals surface area contributed by atoms with Gasteiger partial charge in [-0.3, -0.25) is 0 Å². The van der Waals surface area contributed by atoms with Crippen molar-refractivity contribution in [2.24, 2.45) is 0 Å². The largest absolute Gasteiger partial charge is 0.495 e. The lowest BCUT2D eigenvalue weighted by Crippen LogP contribution is -2.45. The van der Waals surface area contributed by atoms with Crippen LogP contribution >= 0.6 is 0 Å². The molecule has 5 nitrogen and oxygen atoms in total. The first-order valence-electron chi connectivity index (χ1n) is 14.2. The van der Waals surface area contributed by atoms with Crippen LogP contribution in [0, 0.1) is 17.1 Å². The quantitative estimate of drug-likeness (QED) is 0.213. The Morgan fingerprint density at radius 1 is 0.976 bits per heavy atom. The van der Waals surface area contributed by atoms with Crippen molar-refractivity contribution in [3.63, 3.8) is 0 Å². The second kappa shape index (κ2) is 11.7. The van der Waals surface area contributed by atoms with Gasteiger partial charge < -0.3 is 19.4 Å². The van der Waals surface area contributed by atoms with Crippen LogP contribution in [0.1, 0.15) is 35.1 Å². The van der Waals surface area contributed by atoms with E-state index >= 15 is 0 Å². The highest BCUT2D eigenvalue weighted by Gasteiger charge is 2.37. The van der Waals surface area contributed by atoms with Gasteiger partial charge in [0.2, 0.25) is 0 Å². The van der Waals surface area contributed by atoms with Crippen molar-refractivity contribution >= 4 is 21.7 Å². The second-order valence-corrected chi connectivity index (χ2v) is 11.0. The van der Waals surface area contributed by atoms with Gasteiger partial charge in [-0.2, -0.15) is 5.26 Å². The molecule has 0 saturated carbocycles. The van der Waals surface area contributed by atoms with E-state index in [9.17, 15) is 9.65 Å². The summed E-state index contributed by atoms with van der Waals surface area (Å²) >= 11 is 0. The molecule has 0 amide bonds. The maximum Gasteiger partial charge on any atom is 0.142 e. The fourth-order valence-electron chi connectivity index (χ4n) is 6.35. The standard InChI is InChI=1S/C35H34FN3O2/c1-40-34-27(21-37)20-25-6-2-3-7-30(25)32(34)23-41-24-35(28-10-12-29(36)13-11-28)15-18-39(19-16-35)17-14-26-22-38-33-9-5-4-8-31(26)33/h2-13,20,22,38H,14-19,23-24H2,1H3. The number of hydrogen-bond donors (Lipinski definition) is 1. The van der Waals surface area contributed by atoms with Gasteiger partial charge in [-0.1, -0.05) is 54.6 Å². The number of benzene rings is 4. The molecule has 0 atom stereocenters. The molecule has 6 heteroatoms. The van der Waals surface area contributed by atoms with Gasteiger partial charge in [-0.05, 0) is 78.5 Å². The average molecular weight is 548 g/mol. The normalized spacial score (nSPS) is 15.2. The SMILES string of the molecule is COc1c(C#N)cc2ccccc2c1COCC1(c2ccc(F)cc2)CCN(CCc2c[nH]c3ccccc23)CC1. The van der Waals surface area contributed by atoms with Gasteiger partial charge in [0.25, 0.3) is 0 Å². The van der Waals surface area contributed by atoms with Crippen molar-refractivity contribution in [1.29, 1.82) is 5.26 Å². The van der Waals surface area contributed by atoms with Crippen molar-refractivity contribution in [3.8, 4) is 11.8 Å². The number of aromatic amines is 1. The van der Waals surface area contributed by atoms with E-state index < -0.39 is 0 Å². The fraction of sp³-hybridized carbons (Fsp3) is 0.286. The molecule has 41 heavy (non-hydrogen) atoms. The third-order valence-electron chi connectivity index (χ3n) is 8.70. The lowest BCUT2D eigenvalue weighted by molar-refractivity contribution is 0.0361. The van der Waals surface area contributed by atoms with Crippen LogP contribution in [0.25, 0.3) is 21.7 Å². The summed E-state index contributed by atoms with van der Waals surface area (Å²) in [5, 5.41) is 13.0. The van der Waals surface area contributed by atoms with E-state index in [1.54, 1.807) is 19.2 Å². The molecular weight excluding hydrogens is 513 g/mol. The number of H-pyrrole nitrogens is 1. The zero-order chi connectivity index (χ0) is 28.2. The Hall–Kier alpha value is -4.18. The summed E-state index contributed by atoms with van der Waals surface area (Å²) in [6.45, 7) is 3.71. The fourth-order valence-corrected chi connectivity index (χ4v) is 6.35. The molecule has 0 aliphatic carbocycles. The molecule has 0 unspecified atom stereocenters.